The van der Waals surface area contributed by atoms with Crippen molar-refractivity contribution < 1.29 is 13.2 Å². The second-order valence-electron chi connectivity index (χ2n) is 2.16. The maximum atomic E-state index is 11.7. The van der Waals surface area contributed by atoms with Crippen LogP contribution in [0.1, 0.15) is 6.42 Å². The van der Waals surface area contributed by atoms with Crippen LogP contribution >= 0.6 is 0 Å². The highest BCUT2D eigenvalue weighted by molar-refractivity contribution is 4.76. The van der Waals surface area contributed by atoms with Crippen LogP contribution in [0.2, 0.25) is 0 Å². The highest BCUT2D eigenvalue weighted by atomic mass is 19.4. The molecular weight excluding hydrogens is 131 g/mol. The molecule has 4 heteroatoms. The SMILES string of the molecule is FC(F)(F)[C@H]1CC[N]C1. The van der Waals surface area contributed by atoms with E-state index in [-0.39, 0.29) is 13.0 Å². The molecule has 0 saturated carbocycles. The fourth-order valence-electron chi connectivity index (χ4n) is 0.853. The number of hydrogen-bond donors (Lipinski definition) is 0. The molecule has 1 atom stereocenters. The van der Waals surface area contributed by atoms with E-state index in [1.54, 1.807) is 0 Å². The van der Waals surface area contributed by atoms with Crippen molar-refractivity contribution in [3.63, 3.8) is 0 Å². The van der Waals surface area contributed by atoms with Crippen LogP contribution in [0.25, 0.3) is 0 Å². The highest BCUT2D eigenvalue weighted by Crippen LogP contribution is 2.30. The first-order valence-corrected chi connectivity index (χ1v) is 2.80. The lowest BCUT2D eigenvalue weighted by Crippen LogP contribution is -2.23. The van der Waals surface area contributed by atoms with Crippen LogP contribution < -0.4 is 5.32 Å². The van der Waals surface area contributed by atoms with Gasteiger partial charge in [0.05, 0.1) is 5.92 Å². The summed E-state index contributed by atoms with van der Waals surface area (Å²) in [6, 6.07) is 0. The predicted molar refractivity (Wildman–Crippen MR) is 26.0 cm³/mol. The molecule has 0 aromatic heterocycles. The lowest BCUT2D eigenvalue weighted by molar-refractivity contribution is -0.168. The molecule has 1 aliphatic rings. The molecule has 1 aliphatic heterocycles. The van der Waals surface area contributed by atoms with Gasteiger partial charge in [-0.3, -0.25) is 0 Å². The molecule has 9 heavy (non-hydrogen) atoms. The lowest BCUT2D eigenvalue weighted by atomic mass is 10.1. The fraction of sp³-hybridized carbons (Fsp3) is 1.00. The molecule has 0 unspecified atom stereocenters. The van der Waals surface area contributed by atoms with Gasteiger partial charge in [0.15, 0.2) is 0 Å². The normalized spacial score (nSPS) is 29.0. The van der Waals surface area contributed by atoms with Gasteiger partial charge in [0.2, 0.25) is 0 Å². The molecule has 1 heterocycles. The first-order chi connectivity index (χ1) is 4.11. The minimum atomic E-state index is -4.01. The van der Waals surface area contributed by atoms with E-state index in [1.165, 1.54) is 0 Å². The zero-order valence-electron chi connectivity index (χ0n) is 4.78. The van der Waals surface area contributed by atoms with Crippen LogP contribution in [0.5, 0.6) is 0 Å². The van der Waals surface area contributed by atoms with E-state index < -0.39 is 12.1 Å². The van der Waals surface area contributed by atoms with Crippen molar-refractivity contribution in [3.05, 3.63) is 0 Å². The number of halogens is 3. The fourth-order valence-corrected chi connectivity index (χ4v) is 0.853. The summed E-state index contributed by atoms with van der Waals surface area (Å²) in [6.07, 6.45) is -3.83. The number of hydrogen-bond acceptors (Lipinski definition) is 0. The van der Waals surface area contributed by atoms with Crippen molar-refractivity contribution >= 4 is 0 Å². The van der Waals surface area contributed by atoms with Crippen LogP contribution in [-0.4, -0.2) is 19.3 Å². The summed E-state index contributed by atoms with van der Waals surface area (Å²) < 4.78 is 35.1. The molecule has 1 saturated heterocycles. The van der Waals surface area contributed by atoms with Crippen LogP contribution in [0.3, 0.4) is 0 Å². The molecule has 0 aliphatic carbocycles. The van der Waals surface area contributed by atoms with E-state index >= 15 is 0 Å². The Balaban J connectivity index is 2.42. The minimum absolute atomic E-state index is 0.0243. The molecule has 53 valence electrons. The molecule has 0 spiro atoms. The quantitative estimate of drug-likeness (QED) is 0.477. The summed E-state index contributed by atoms with van der Waals surface area (Å²) in [5.74, 6) is -1.16. The van der Waals surface area contributed by atoms with Crippen LogP contribution in [0.15, 0.2) is 0 Å². The zero-order valence-corrected chi connectivity index (χ0v) is 4.78. The molecule has 0 aromatic carbocycles. The van der Waals surface area contributed by atoms with Gasteiger partial charge in [0.1, 0.15) is 0 Å². The van der Waals surface area contributed by atoms with Crippen molar-refractivity contribution in [2.75, 3.05) is 13.1 Å². The van der Waals surface area contributed by atoms with Crippen molar-refractivity contribution in [2.45, 2.75) is 12.6 Å². The molecule has 0 N–H and O–H groups in total. The zero-order chi connectivity index (χ0) is 6.91. The number of nitrogens with zero attached hydrogens (tertiary/aromatic N) is 1. The van der Waals surface area contributed by atoms with Gasteiger partial charge in [-0.25, -0.2) is 5.32 Å². The Kier molecular flexibility index (Phi) is 1.66. The Hall–Kier alpha value is -0.250. The third-order valence-corrected chi connectivity index (χ3v) is 1.45. The third kappa shape index (κ3) is 1.58. The first-order valence-electron chi connectivity index (χ1n) is 2.80. The summed E-state index contributed by atoms with van der Waals surface area (Å²) in [5.41, 5.74) is 0. The van der Waals surface area contributed by atoms with E-state index in [2.05, 4.69) is 5.32 Å². The smallest absolute Gasteiger partial charge is 0.241 e. The lowest BCUT2D eigenvalue weighted by Gasteiger charge is -2.11. The van der Waals surface area contributed by atoms with Crippen molar-refractivity contribution in [1.29, 1.82) is 0 Å². The van der Waals surface area contributed by atoms with Gasteiger partial charge in [-0.2, -0.15) is 13.2 Å². The van der Waals surface area contributed by atoms with E-state index in [4.69, 9.17) is 0 Å². The maximum Gasteiger partial charge on any atom is 0.393 e. The molecular formula is C5H7F3N. The molecule has 0 aromatic rings. The van der Waals surface area contributed by atoms with Gasteiger partial charge < -0.3 is 0 Å². The summed E-state index contributed by atoms with van der Waals surface area (Å²) >= 11 is 0. The largest absolute Gasteiger partial charge is 0.393 e. The van der Waals surface area contributed by atoms with Crippen molar-refractivity contribution in [1.82, 2.24) is 5.32 Å². The topological polar surface area (TPSA) is 14.1 Å². The summed E-state index contributed by atoms with van der Waals surface area (Å²) in [4.78, 5) is 0. The van der Waals surface area contributed by atoms with Crippen LogP contribution in [-0.2, 0) is 0 Å². The standard InChI is InChI=1S/C5H7F3N/c6-5(7,8)4-1-2-9-3-4/h4H,1-3H2/t4-/m0/s1. The van der Waals surface area contributed by atoms with Gasteiger partial charge in [-0.05, 0) is 6.42 Å². The van der Waals surface area contributed by atoms with Crippen molar-refractivity contribution in [2.24, 2.45) is 5.92 Å². The number of alkyl halides is 3. The average molecular weight is 138 g/mol. The molecule has 1 fully saturated rings. The van der Waals surface area contributed by atoms with E-state index in [9.17, 15) is 13.2 Å². The minimum Gasteiger partial charge on any atom is -0.241 e. The maximum absolute atomic E-state index is 11.7. The Morgan fingerprint density at radius 1 is 1.33 bits per heavy atom. The second-order valence-corrected chi connectivity index (χ2v) is 2.16. The molecule has 0 bridgehead atoms. The molecule has 1 rings (SSSR count). The second kappa shape index (κ2) is 2.17. The summed E-state index contributed by atoms with van der Waals surface area (Å²) in [6.45, 7) is 0.355. The summed E-state index contributed by atoms with van der Waals surface area (Å²) in [5, 5.41) is 3.61. The molecule has 0 amide bonds. The Morgan fingerprint density at radius 3 is 2.22 bits per heavy atom. The van der Waals surface area contributed by atoms with Gasteiger partial charge >= 0.3 is 6.18 Å². The molecule has 1 radical (unpaired) electrons. The van der Waals surface area contributed by atoms with Crippen molar-refractivity contribution in [3.8, 4) is 0 Å². The van der Waals surface area contributed by atoms with E-state index in [0.29, 0.717) is 6.54 Å². The molecule has 1 nitrogen and oxygen atoms in total. The predicted octanol–water partition coefficient (Wildman–Crippen LogP) is 1.17. The van der Waals surface area contributed by atoms with Crippen LogP contribution in [0.4, 0.5) is 13.2 Å². The third-order valence-electron chi connectivity index (χ3n) is 1.45. The summed E-state index contributed by atoms with van der Waals surface area (Å²) in [7, 11) is 0. The van der Waals surface area contributed by atoms with E-state index in [0.717, 1.165) is 0 Å². The first kappa shape index (κ1) is 6.86. The Labute approximate surface area is 51.2 Å². The average Bonchev–Trinajstić information content (AvgIpc) is 2.08. The monoisotopic (exact) mass is 138 g/mol. The van der Waals surface area contributed by atoms with Gasteiger partial charge in [-0.15, -0.1) is 0 Å². The van der Waals surface area contributed by atoms with Gasteiger partial charge in [0, 0.05) is 13.1 Å². The van der Waals surface area contributed by atoms with Crippen LogP contribution in [0, 0.1) is 5.92 Å². The van der Waals surface area contributed by atoms with E-state index in [1.807, 2.05) is 0 Å². The van der Waals surface area contributed by atoms with Gasteiger partial charge in [0.25, 0.3) is 0 Å². The highest BCUT2D eigenvalue weighted by Gasteiger charge is 2.41. The Morgan fingerprint density at radius 2 is 2.00 bits per heavy atom. The van der Waals surface area contributed by atoms with Gasteiger partial charge in [-0.1, -0.05) is 0 Å². The Bertz CT molecular complexity index is 92.9. The number of rotatable bonds is 0.